The summed E-state index contributed by atoms with van der Waals surface area (Å²) >= 11 is 0.694. The molecule has 0 amide bonds. The van der Waals surface area contributed by atoms with Crippen LogP contribution in [0.1, 0.15) is 6.42 Å². The molecule has 0 heterocycles. The first kappa shape index (κ1) is 6.81. The molecule has 0 saturated carbocycles. The van der Waals surface area contributed by atoms with E-state index in [1.165, 1.54) is 0 Å². The van der Waals surface area contributed by atoms with Crippen LogP contribution in [0.2, 0.25) is 5.25 Å². The molecule has 0 fully saturated rings. The summed E-state index contributed by atoms with van der Waals surface area (Å²) in [6.45, 7) is 0. The Kier molecular flexibility index (Phi) is 3.88. The van der Waals surface area contributed by atoms with E-state index in [-0.39, 0.29) is 5.97 Å². The summed E-state index contributed by atoms with van der Waals surface area (Å²) in [6.07, 6.45) is 0.420. The van der Waals surface area contributed by atoms with Crippen molar-refractivity contribution in [3.8, 4) is 0 Å². The van der Waals surface area contributed by atoms with Crippen molar-refractivity contribution >= 4 is 22.5 Å². The summed E-state index contributed by atoms with van der Waals surface area (Å²) in [7, 11) is 0. The number of carboxylic acids is 1. The second-order valence-corrected chi connectivity index (χ2v) is 3.33. The number of hydrogen-bond acceptors (Lipinski definition) is 1. The Hall–Kier alpha value is -0.187. The van der Waals surface area contributed by atoms with Gasteiger partial charge in [0.05, 0.1) is 0 Å². The van der Waals surface area contributed by atoms with Crippen LogP contribution in [0.15, 0.2) is 0 Å². The van der Waals surface area contributed by atoms with Crippen LogP contribution >= 0.6 is 0 Å². The zero-order chi connectivity index (χ0) is 5.70. The minimum atomic E-state index is -0.381. The minimum absolute atomic E-state index is 0.381. The number of carboxylic acid groups (broad SMARTS) is 1. The third-order valence-electron chi connectivity index (χ3n) is 0.560. The summed E-state index contributed by atoms with van der Waals surface area (Å²) in [5.41, 5.74) is 0. The maximum atomic E-state index is 9.25. The van der Waals surface area contributed by atoms with Crippen LogP contribution in [0.4, 0.5) is 0 Å². The van der Waals surface area contributed by atoms with Crippen LogP contribution in [0.5, 0.6) is 0 Å². The molecule has 4 heteroatoms. The predicted molar refractivity (Wildman–Crippen MR) is 27.0 cm³/mol. The Balaban J connectivity index is 3.17. The number of aliphatic hydroxyl groups excluding tert-OH is 1. The van der Waals surface area contributed by atoms with E-state index in [1.54, 1.807) is 0 Å². The molecule has 0 aromatic carbocycles. The summed E-state index contributed by atoms with van der Waals surface area (Å²) in [5, 5.41) is 18.4. The van der Waals surface area contributed by atoms with Gasteiger partial charge < -0.3 is 0 Å². The molecule has 0 bridgehead atoms. The van der Waals surface area contributed by atoms with Gasteiger partial charge in [0.25, 0.3) is 0 Å². The molecule has 0 spiro atoms. The zero-order valence-electron chi connectivity index (χ0n) is 4.18. The fourth-order valence-corrected chi connectivity index (χ4v) is 1.15. The molecular formula is C3H8GeO3. The quantitative estimate of drug-likeness (QED) is 0.224. The molecule has 7 heavy (non-hydrogen) atoms. The van der Waals surface area contributed by atoms with Gasteiger partial charge in [0.2, 0.25) is 0 Å². The Labute approximate surface area is 49.8 Å². The van der Waals surface area contributed by atoms with E-state index in [0.29, 0.717) is 22.9 Å². The Morgan fingerprint density at radius 3 is 2.57 bits per heavy atom. The molecule has 0 aliphatic carbocycles. The molecule has 1 N–H and O–H groups in total. The van der Waals surface area contributed by atoms with Crippen molar-refractivity contribution in [2.45, 2.75) is 11.7 Å². The fraction of sp³-hybridized carbons (Fsp3) is 0.667. The Morgan fingerprint density at radius 1 is 1.86 bits per heavy atom. The SMILES string of the molecule is [O-][O+]=C(O)C[CH2][GeH3]. The van der Waals surface area contributed by atoms with Gasteiger partial charge in [-0.1, -0.05) is 0 Å². The van der Waals surface area contributed by atoms with Gasteiger partial charge in [0.1, 0.15) is 0 Å². The van der Waals surface area contributed by atoms with E-state index >= 15 is 0 Å². The van der Waals surface area contributed by atoms with E-state index < -0.39 is 0 Å². The van der Waals surface area contributed by atoms with Crippen molar-refractivity contribution in [3.05, 3.63) is 0 Å². The van der Waals surface area contributed by atoms with Gasteiger partial charge >= 0.3 is 49.1 Å². The molecule has 0 aliphatic heterocycles. The molecule has 3 nitrogen and oxygen atoms in total. The van der Waals surface area contributed by atoms with Gasteiger partial charge in [-0.15, -0.1) is 0 Å². The third-order valence-corrected chi connectivity index (χ3v) is 1.61. The average Bonchev–Trinajstić information content (AvgIpc) is 1.68. The van der Waals surface area contributed by atoms with E-state index in [9.17, 15) is 5.26 Å². The van der Waals surface area contributed by atoms with Gasteiger partial charge in [-0.25, -0.2) is 0 Å². The normalized spacial score (nSPS) is 12.3. The number of aliphatic carboxylic acids is 1. The van der Waals surface area contributed by atoms with Crippen LogP contribution in [0.3, 0.4) is 0 Å². The fourth-order valence-electron chi connectivity index (χ4n) is 0.256. The molecule has 0 unspecified atom stereocenters. The van der Waals surface area contributed by atoms with E-state index in [1.807, 2.05) is 0 Å². The summed E-state index contributed by atoms with van der Waals surface area (Å²) < 4.78 is 3.24. The summed E-state index contributed by atoms with van der Waals surface area (Å²) in [6, 6.07) is 0. The van der Waals surface area contributed by atoms with Crippen molar-refractivity contribution in [2.75, 3.05) is 0 Å². The topological polar surface area (TPSA) is 54.6 Å². The van der Waals surface area contributed by atoms with E-state index in [2.05, 4.69) is 4.58 Å². The van der Waals surface area contributed by atoms with Gasteiger partial charge in [0, 0.05) is 0 Å². The molecule has 0 saturated heterocycles. The van der Waals surface area contributed by atoms with E-state index in [0.717, 1.165) is 5.25 Å². The van der Waals surface area contributed by atoms with E-state index in [4.69, 9.17) is 5.11 Å². The molecule has 0 atom stereocenters. The van der Waals surface area contributed by atoms with Crippen LogP contribution in [-0.2, 0) is 4.58 Å². The Morgan fingerprint density at radius 2 is 2.43 bits per heavy atom. The van der Waals surface area contributed by atoms with Crippen molar-refractivity contribution in [2.24, 2.45) is 0 Å². The first-order valence-corrected chi connectivity index (χ1v) is 5.12. The molecule has 0 rings (SSSR count). The second-order valence-electron chi connectivity index (χ2n) is 1.23. The molecule has 0 radical (unpaired) electrons. The predicted octanol–water partition coefficient (Wildman–Crippen LogP) is -1.94. The number of rotatable bonds is 2. The van der Waals surface area contributed by atoms with Crippen molar-refractivity contribution < 1.29 is 14.9 Å². The van der Waals surface area contributed by atoms with Gasteiger partial charge in [-0.2, -0.15) is 0 Å². The second kappa shape index (κ2) is 3.98. The standard InChI is InChI=1S/C3H8GeO3/c4-2-1-3(5)7-6/h5H,1-2H2,4H3. The third kappa shape index (κ3) is 3.65. The van der Waals surface area contributed by atoms with Crippen LogP contribution < -0.4 is 5.26 Å². The average molecular weight is 165 g/mol. The zero-order valence-corrected chi connectivity index (χ0v) is 8.37. The molecule has 0 aromatic rings. The molecule has 42 valence electrons. The molecule has 0 aliphatic rings. The van der Waals surface area contributed by atoms with Crippen LogP contribution in [0.25, 0.3) is 0 Å². The van der Waals surface area contributed by atoms with Crippen LogP contribution in [0, 0.1) is 0 Å². The van der Waals surface area contributed by atoms with Gasteiger partial charge in [0.15, 0.2) is 0 Å². The van der Waals surface area contributed by atoms with Gasteiger partial charge in [-0.05, 0) is 0 Å². The van der Waals surface area contributed by atoms with Crippen molar-refractivity contribution in [3.63, 3.8) is 0 Å². The summed E-state index contributed by atoms with van der Waals surface area (Å²) in [5.74, 6) is -0.381. The maximum absolute atomic E-state index is 9.25. The van der Waals surface area contributed by atoms with Crippen molar-refractivity contribution in [1.29, 1.82) is 0 Å². The Bertz CT molecular complexity index is 70.6. The molecular weight excluding hydrogens is 157 g/mol. The first-order valence-electron chi connectivity index (χ1n) is 2.16. The van der Waals surface area contributed by atoms with Gasteiger partial charge in [-0.3, -0.25) is 0 Å². The molecule has 0 aromatic heterocycles. The van der Waals surface area contributed by atoms with Crippen molar-refractivity contribution in [1.82, 2.24) is 0 Å². The van der Waals surface area contributed by atoms with Crippen LogP contribution in [-0.4, -0.2) is 27.6 Å². The number of hydrogen-bond donors (Lipinski definition) is 1. The first-order chi connectivity index (χ1) is 3.31. The summed E-state index contributed by atoms with van der Waals surface area (Å²) in [4.78, 5) is 0. The monoisotopic (exact) mass is 166 g/mol.